The molecule has 1 aromatic heterocycles. The molecular weight excluding hydrogens is 218 g/mol. The van der Waals surface area contributed by atoms with Crippen molar-refractivity contribution in [3.8, 4) is 5.88 Å². The summed E-state index contributed by atoms with van der Waals surface area (Å²) in [5.74, 6) is 0.538. The molecule has 92 valence electrons. The molecule has 0 radical (unpaired) electrons. The van der Waals surface area contributed by atoms with Crippen molar-refractivity contribution in [1.82, 2.24) is 9.88 Å². The van der Waals surface area contributed by atoms with Gasteiger partial charge in [0.2, 0.25) is 5.88 Å². The van der Waals surface area contributed by atoms with E-state index in [2.05, 4.69) is 4.98 Å². The number of pyridine rings is 1. The zero-order valence-corrected chi connectivity index (χ0v) is 9.93. The number of aromatic nitrogens is 1. The maximum Gasteiger partial charge on any atom is 0.255 e. The molecule has 1 fully saturated rings. The Morgan fingerprint density at radius 3 is 3.00 bits per heavy atom. The molecule has 1 unspecified atom stereocenters. The first-order valence-electron chi connectivity index (χ1n) is 5.84. The molecule has 2 heterocycles. The first-order chi connectivity index (χ1) is 8.20. The maximum absolute atomic E-state index is 12.1. The molecule has 5 heteroatoms. The number of carbonyl (C=O) groups excluding carboxylic acids is 1. The topological polar surface area (TPSA) is 68.5 Å². The highest BCUT2D eigenvalue weighted by Gasteiger charge is 2.24. The molecular formula is C12H17N3O2. The second-order valence-corrected chi connectivity index (χ2v) is 4.12. The molecule has 0 saturated carbocycles. The molecule has 1 aliphatic heterocycles. The van der Waals surface area contributed by atoms with E-state index >= 15 is 0 Å². The molecule has 1 aliphatic rings. The quantitative estimate of drug-likeness (QED) is 0.835. The van der Waals surface area contributed by atoms with Crippen LogP contribution in [-0.4, -0.2) is 41.5 Å². The van der Waals surface area contributed by atoms with E-state index in [4.69, 9.17) is 10.5 Å². The fourth-order valence-electron chi connectivity index (χ4n) is 1.89. The Balaban J connectivity index is 2.04. The van der Waals surface area contributed by atoms with E-state index in [9.17, 15) is 4.79 Å². The fraction of sp³-hybridized carbons (Fsp3) is 0.500. The lowest BCUT2D eigenvalue weighted by Crippen LogP contribution is -2.31. The number of amides is 1. The normalized spacial score (nSPS) is 19.4. The van der Waals surface area contributed by atoms with Crippen LogP contribution in [0.3, 0.4) is 0 Å². The molecule has 2 N–H and O–H groups in total. The van der Waals surface area contributed by atoms with E-state index in [1.807, 2.05) is 6.92 Å². The van der Waals surface area contributed by atoms with Gasteiger partial charge in [0, 0.05) is 31.4 Å². The zero-order valence-electron chi connectivity index (χ0n) is 9.93. The smallest absolute Gasteiger partial charge is 0.255 e. The van der Waals surface area contributed by atoms with Gasteiger partial charge in [-0.2, -0.15) is 0 Å². The largest absolute Gasteiger partial charge is 0.478 e. The van der Waals surface area contributed by atoms with Crippen molar-refractivity contribution in [2.75, 3.05) is 19.7 Å². The molecule has 2 rings (SSSR count). The minimum absolute atomic E-state index is 0.00602. The summed E-state index contributed by atoms with van der Waals surface area (Å²) in [6.07, 6.45) is 2.42. The number of hydrogen-bond acceptors (Lipinski definition) is 4. The summed E-state index contributed by atoms with van der Waals surface area (Å²) in [5, 5.41) is 0. The molecule has 0 bridgehead atoms. The average Bonchev–Trinajstić information content (AvgIpc) is 2.76. The second-order valence-electron chi connectivity index (χ2n) is 4.12. The number of nitrogens with zero attached hydrogens (tertiary/aromatic N) is 2. The number of hydrogen-bond donors (Lipinski definition) is 1. The molecule has 0 aliphatic carbocycles. The summed E-state index contributed by atoms with van der Waals surface area (Å²) in [4.78, 5) is 17.9. The molecule has 0 aromatic carbocycles. The van der Waals surface area contributed by atoms with Crippen molar-refractivity contribution >= 4 is 5.91 Å². The van der Waals surface area contributed by atoms with Gasteiger partial charge in [-0.15, -0.1) is 0 Å². The van der Waals surface area contributed by atoms with Crippen molar-refractivity contribution in [2.45, 2.75) is 19.4 Å². The molecule has 1 aromatic rings. The van der Waals surface area contributed by atoms with Gasteiger partial charge in [-0.1, -0.05) is 0 Å². The first kappa shape index (κ1) is 11.9. The van der Waals surface area contributed by atoms with Gasteiger partial charge in [-0.05, 0) is 19.4 Å². The van der Waals surface area contributed by atoms with E-state index < -0.39 is 0 Å². The SMILES string of the molecule is CCOc1ccc(C(=O)N2CCC(N)C2)cn1. The van der Waals surface area contributed by atoms with Gasteiger partial charge in [0.05, 0.1) is 12.2 Å². The number of likely N-dealkylation sites (tertiary alicyclic amines) is 1. The summed E-state index contributed by atoms with van der Waals surface area (Å²) >= 11 is 0. The van der Waals surface area contributed by atoms with E-state index in [1.165, 1.54) is 0 Å². The second kappa shape index (κ2) is 5.14. The third-order valence-electron chi connectivity index (χ3n) is 2.79. The van der Waals surface area contributed by atoms with E-state index in [1.54, 1.807) is 23.2 Å². The summed E-state index contributed by atoms with van der Waals surface area (Å²) < 4.78 is 5.23. The predicted molar refractivity (Wildman–Crippen MR) is 63.9 cm³/mol. The van der Waals surface area contributed by atoms with Crippen LogP contribution in [0.1, 0.15) is 23.7 Å². The summed E-state index contributed by atoms with van der Waals surface area (Å²) in [6.45, 7) is 3.83. The Kier molecular flexibility index (Phi) is 3.58. The average molecular weight is 235 g/mol. The third-order valence-corrected chi connectivity index (χ3v) is 2.79. The summed E-state index contributed by atoms with van der Waals surface area (Å²) in [6, 6.07) is 3.56. The van der Waals surface area contributed by atoms with Crippen LogP contribution in [0.15, 0.2) is 18.3 Å². The van der Waals surface area contributed by atoms with Crippen molar-refractivity contribution in [3.05, 3.63) is 23.9 Å². The third kappa shape index (κ3) is 2.74. The highest BCUT2D eigenvalue weighted by Crippen LogP contribution is 2.14. The number of carbonyl (C=O) groups is 1. The van der Waals surface area contributed by atoms with Crippen LogP contribution in [0.25, 0.3) is 0 Å². The highest BCUT2D eigenvalue weighted by atomic mass is 16.5. The van der Waals surface area contributed by atoms with Gasteiger partial charge >= 0.3 is 0 Å². The molecule has 1 amide bonds. The Morgan fingerprint density at radius 2 is 2.47 bits per heavy atom. The van der Waals surface area contributed by atoms with Crippen LogP contribution >= 0.6 is 0 Å². The Labute approximate surface area is 101 Å². The van der Waals surface area contributed by atoms with E-state index in [-0.39, 0.29) is 11.9 Å². The van der Waals surface area contributed by atoms with Crippen LogP contribution in [-0.2, 0) is 0 Å². The molecule has 1 saturated heterocycles. The van der Waals surface area contributed by atoms with Crippen LogP contribution < -0.4 is 10.5 Å². The van der Waals surface area contributed by atoms with Crippen LogP contribution in [0.5, 0.6) is 5.88 Å². The predicted octanol–water partition coefficient (Wildman–Crippen LogP) is 0.653. The number of rotatable bonds is 3. The van der Waals surface area contributed by atoms with Gasteiger partial charge in [0.15, 0.2) is 0 Å². The van der Waals surface area contributed by atoms with E-state index in [0.717, 1.165) is 13.0 Å². The summed E-state index contributed by atoms with van der Waals surface area (Å²) in [5.41, 5.74) is 6.36. The van der Waals surface area contributed by atoms with Gasteiger partial charge in [-0.25, -0.2) is 4.98 Å². The van der Waals surface area contributed by atoms with Crippen molar-refractivity contribution in [2.24, 2.45) is 5.73 Å². The van der Waals surface area contributed by atoms with Gasteiger partial charge in [0.1, 0.15) is 0 Å². The minimum atomic E-state index is -0.00602. The molecule has 1 atom stereocenters. The van der Waals surface area contributed by atoms with Crippen LogP contribution in [0.2, 0.25) is 0 Å². The Hall–Kier alpha value is -1.62. The lowest BCUT2D eigenvalue weighted by Gasteiger charge is -2.15. The molecule has 17 heavy (non-hydrogen) atoms. The molecule has 0 spiro atoms. The van der Waals surface area contributed by atoms with Gasteiger partial charge in [0.25, 0.3) is 5.91 Å². The Morgan fingerprint density at radius 1 is 1.65 bits per heavy atom. The van der Waals surface area contributed by atoms with Gasteiger partial charge in [-0.3, -0.25) is 4.79 Å². The maximum atomic E-state index is 12.1. The van der Waals surface area contributed by atoms with E-state index in [0.29, 0.717) is 24.6 Å². The lowest BCUT2D eigenvalue weighted by molar-refractivity contribution is 0.0790. The van der Waals surface area contributed by atoms with Crippen LogP contribution in [0.4, 0.5) is 0 Å². The summed E-state index contributed by atoms with van der Waals surface area (Å²) in [7, 11) is 0. The monoisotopic (exact) mass is 235 g/mol. The zero-order chi connectivity index (χ0) is 12.3. The molecule has 5 nitrogen and oxygen atoms in total. The first-order valence-corrected chi connectivity index (χ1v) is 5.84. The van der Waals surface area contributed by atoms with Crippen molar-refractivity contribution in [1.29, 1.82) is 0 Å². The minimum Gasteiger partial charge on any atom is -0.478 e. The number of nitrogens with two attached hydrogens (primary N) is 1. The van der Waals surface area contributed by atoms with Crippen molar-refractivity contribution < 1.29 is 9.53 Å². The van der Waals surface area contributed by atoms with Crippen molar-refractivity contribution in [3.63, 3.8) is 0 Å². The number of ether oxygens (including phenoxy) is 1. The standard InChI is InChI=1S/C12H17N3O2/c1-2-17-11-4-3-9(7-14-11)12(16)15-6-5-10(13)8-15/h3-4,7,10H,2,5-6,8,13H2,1H3. The van der Waals surface area contributed by atoms with Gasteiger partial charge < -0.3 is 15.4 Å². The Bertz CT molecular complexity index is 391. The lowest BCUT2D eigenvalue weighted by atomic mass is 10.2. The highest BCUT2D eigenvalue weighted by molar-refractivity contribution is 5.94. The van der Waals surface area contributed by atoms with Crippen LogP contribution in [0, 0.1) is 0 Å². The fourth-order valence-corrected chi connectivity index (χ4v) is 1.89.